The average Bonchev–Trinajstić information content (AvgIpc) is 3.98. The van der Waals surface area contributed by atoms with Crippen LogP contribution in [0.1, 0.15) is 116 Å². The van der Waals surface area contributed by atoms with Crippen molar-refractivity contribution >= 4 is 34.9 Å². The van der Waals surface area contributed by atoms with Gasteiger partial charge in [0.1, 0.15) is 17.6 Å². The first-order chi connectivity index (χ1) is 33.5. The van der Waals surface area contributed by atoms with Crippen molar-refractivity contribution in [2.75, 3.05) is 18.0 Å². The zero-order valence-corrected chi connectivity index (χ0v) is 39.3. The number of nitriles is 1. The Balaban J connectivity index is 0.757. The highest BCUT2D eigenvalue weighted by atomic mass is 35.5. The lowest BCUT2D eigenvalue weighted by molar-refractivity contribution is -0.129. The summed E-state index contributed by atoms with van der Waals surface area (Å²) < 4.78 is 45.9. The molecule has 3 aromatic heterocycles. The number of amides is 2. The number of hydrogen-bond acceptors (Lipinski definition) is 10. The highest BCUT2D eigenvalue weighted by Gasteiger charge is 2.35. The largest absolute Gasteiger partial charge is 0.490 e. The molecule has 0 saturated heterocycles. The maximum atomic E-state index is 14.7. The minimum absolute atomic E-state index is 0.000704. The highest BCUT2D eigenvalue weighted by molar-refractivity contribution is 6.31. The van der Waals surface area contributed by atoms with Gasteiger partial charge in [-0.1, -0.05) is 11.6 Å². The van der Waals surface area contributed by atoms with Gasteiger partial charge in [0.2, 0.25) is 5.91 Å². The molecule has 4 aliphatic rings. The molecule has 0 unspecified atom stereocenters. The molecule has 2 amide bonds. The number of aromatic nitrogens is 6. The van der Waals surface area contributed by atoms with Crippen LogP contribution in [0, 0.1) is 11.3 Å². The molecule has 14 nitrogen and oxygen atoms in total. The number of benzene rings is 3. The second-order valence-electron chi connectivity index (χ2n) is 18.6. The van der Waals surface area contributed by atoms with E-state index in [1.165, 1.54) is 0 Å². The van der Waals surface area contributed by atoms with Gasteiger partial charge in [-0.3, -0.25) is 19.0 Å². The molecule has 0 bridgehead atoms. The Morgan fingerprint density at radius 2 is 1.61 bits per heavy atom. The van der Waals surface area contributed by atoms with Gasteiger partial charge in [0.15, 0.2) is 11.5 Å². The summed E-state index contributed by atoms with van der Waals surface area (Å²) in [5.41, 5.74) is 7.14. The van der Waals surface area contributed by atoms with Crippen LogP contribution in [0.2, 0.25) is 5.02 Å². The quantitative estimate of drug-likeness (QED) is 0.133. The number of rotatable bonds is 11. The van der Waals surface area contributed by atoms with Crippen LogP contribution in [0.3, 0.4) is 0 Å². The lowest BCUT2D eigenvalue weighted by Crippen LogP contribution is -2.40. The second-order valence-corrected chi connectivity index (χ2v) is 19.0. The molecule has 10 rings (SSSR count). The van der Waals surface area contributed by atoms with Crippen LogP contribution in [-0.2, 0) is 31.2 Å². The molecule has 0 spiro atoms. The van der Waals surface area contributed by atoms with E-state index in [2.05, 4.69) is 36.3 Å². The first-order valence-electron chi connectivity index (χ1n) is 23.8. The maximum Gasteiger partial charge on any atom is 0.272 e. The van der Waals surface area contributed by atoms with E-state index in [1.54, 1.807) is 67.4 Å². The smallest absolute Gasteiger partial charge is 0.272 e. The Labute approximate surface area is 404 Å². The van der Waals surface area contributed by atoms with Crippen molar-refractivity contribution in [1.82, 2.24) is 40.0 Å². The molecular formula is C52H53ClF2N10O4. The molecule has 0 atom stereocenters. The van der Waals surface area contributed by atoms with Gasteiger partial charge in [-0.2, -0.15) is 15.5 Å². The van der Waals surface area contributed by atoms with E-state index in [4.69, 9.17) is 31.4 Å². The molecule has 17 heteroatoms. The fraction of sp³-hybridized carbons (Fsp3) is 0.404. The fourth-order valence-electron chi connectivity index (χ4n) is 10.4. The highest BCUT2D eigenvalue weighted by Crippen LogP contribution is 2.44. The fourth-order valence-corrected chi connectivity index (χ4v) is 10.6. The molecule has 356 valence electrons. The molecule has 0 radical (unpaired) electrons. The van der Waals surface area contributed by atoms with Crippen molar-refractivity contribution < 1.29 is 27.8 Å². The standard InChI is InChI=1S/C52H53ClF2N10O4/c1-31(66)63-23-21-48-44(30-63)51(64-22-3-4-33-24-42(35-28-57-62(2)29-35)43(50(54)55)26-49(33)64)61-65(48)37-10-17-40(18-11-37)68-38-12-5-32(6-13-38)46-19-20-47(60-59-46)52(67)58-36-8-15-39(16-9-36)69-41-14-7-34(27-56)45(53)25-41/h5-7,12-14,19-20,24-26,28-29,36-37,39-40,50H,3-4,8-11,15-18,21-23,30H2,1-2H3,(H,58,67). The van der Waals surface area contributed by atoms with Gasteiger partial charge in [-0.15, -0.1) is 10.2 Å². The Hall–Kier alpha value is -6.86. The molecule has 2 aliphatic heterocycles. The summed E-state index contributed by atoms with van der Waals surface area (Å²) in [5.74, 6) is 1.87. The number of anilines is 2. The predicted molar refractivity (Wildman–Crippen MR) is 256 cm³/mol. The van der Waals surface area contributed by atoms with Crippen molar-refractivity contribution in [3.63, 3.8) is 0 Å². The van der Waals surface area contributed by atoms with Gasteiger partial charge in [0, 0.05) is 85.4 Å². The lowest BCUT2D eigenvalue weighted by Gasteiger charge is -2.33. The number of hydrogen-bond donors (Lipinski definition) is 1. The van der Waals surface area contributed by atoms with Crippen LogP contribution in [0.25, 0.3) is 22.4 Å². The molecule has 2 saturated carbocycles. The molecule has 2 aliphatic carbocycles. The molecule has 2 fully saturated rings. The number of nitrogens with zero attached hydrogens (tertiary/aromatic N) is 9. The van der Waals surface area contributed by atoms with E-state index in [0.717, 1.165) is 104 Å². The summed E-state index contributed by atoms with van der Waals surface area (Å²) in [7, 11) is 1.78. The number of nitrogens with one attached hydrogen (secondary N) is 1. The van der Waals surface area contributed by atoms with Gasteiger partial charge in [0.25, 0.3) is 12.3 Å². The van der Waals surface area contributed by atoms with Crippen molar-refractivity contribution in [3.05, 3.63) is 118 Å². The molecular weight excluding hydrogens is 902 g/mol. The van der Waals surface area contributed by atoms with Gasteiger partial charge >= 0.3 is 0 Å². The second kappa shape index (κ2) is 19.6. The number of carbonyl (C=O) groups excluding carboxylic acids is 2. The lowest BCUT2D eigenvalue weighted by atomic mass is 9.92. The maximum absolute atomic E-state index is 14.7. The van der Waals surface area contributed by atoms with Crippen LogP contribution in [0.4, 0.5) is 20.3 Å². The Morgan fingerprint density at radius 1 is 0.870 bits per heavy atom. The minimum atomic E-state index is -2.67. The molecule has 6 aromatic rings. The summed E-state index contributed by atoms with van der Waals surface area (Å²) in [6.45, 7) is 3.26. The zero-order chi connectivity index (χ0) is 47.8. The van der Waals surface area contributed by atoms with Crippen molar-refractivity contribution in [2.45, 2.75) is 115 Å². The summed E-state index contributed by atoms with van der Waals surface area (Å²) in [4.78, 5) is 29.7. The molecule has 5 heterocycles. The van der Waals surface area contributed by atoms with Crippen LogP contribution >= 0.6 is 11.6 Å². The number of aryl methyl sites for hydroxylation is 2. The number of ether oxygens (including phenoxy) is 2. The topological polar surface area (TPSA) is 156 Å². The van der Waals surface area contributed by atoms with E-state index in [9.17, 15) is 18.4 Å². The average molecular weight is 956 g/mol. The molecule has 3 aromatic carbocycles. The van der Waals surface area contributed by atoms with Crippen LogP contribution in [0.5, 0.6) is 11.5 Å². The number of fused-ring (bicyclic) bond motifs is 2. The summed E-state index contributed by atoms with van der Waals surface area (Å²) >= 11 is 6.17. The van der Waals surface area contributed by atoms with Crippen molar-refractivity contribution in [1.29, 1.82) is 5.26 Å². The summed E-state index contributed by atoms with van der Waals surface area (Å²) in [6.07, 6.45) is 9.45. The van der Waals surface area contributed by atoms with E-state index in [-0.39, 0.29) is 47.4 Å². The van der Waals surface area contributed by atoms with E-state index >= 15 is 0 Å². The van der Waals surface area contributed by atoms with E-state index in [1.807, 2.05) is 35.2 Å². The van der Waals surface area contributed by atoms with E-state index < -0.39 is 6.43 Å². The number of alkyl halides is 2. The third kappa shape index (κ3) is 9.74. The van der Waals surface area contributed by atoms with Gasteiger partial charge in [-0.25, -0.2) is 8.78 Å². The van der Waals surface area contributed by atoms with Crippen LogP contribution < -0.4 is 19.7 Å². The third-order valence-corrected chi connectivity index (χ3v) is 14.4. The summed E-state index contributed by atoms with van der Waals surface area (Å²) in [5, 5.41) is 30.8. The Bertz CT molecular complexity index is 2900. The Morgan fingerprint density at radius 3 is 2.28 bits per heavy atom. The number of halogens is 3. The van der Waals surface area contributed by atoms with Crippen molar-refractivity contribution in [2.24, 2.45) is 7.05 Å². The first-order valence-corrected chi connectivity index (χ1v) is 24.2. The normalized spacial score (nSPS) is 20.2. The zero-order valence-electron chi connectivity index (χ0n) is 38.6. The number of carbonyl (C=O) groups is 2. The monoisotopic (exact) mass is 954 g/mol. The predicted octanol–water partition coefficient (Wildman–Crippen LogP) is 9.87. The Kier molecular flexibility index (Phi) is 13.1. The first kappa shape index (κ1) is 45.9. The van der Waals surface area contributed by atoms with Gasteiger partial charge in [0.05, 0.1) is 47.3 Å². The van der Waals surface area contributed by atoms with Gasteiger partial charge < -0.3 is 24.6 Å². The van der Waals surface area contributed by atoms with Crippen molar-refractivity contribution in [3.8, 4) is 40.0 Å². The third-order valence-electron chi connectivity index (χ3n) is 14.1. The van der Waals surface area contributed by atoms with Crippen LogP contribution in [-0.4, -0.2) is 77.8 Å². The minimum Gasteiger partial charge on any atom is -0.490 e. The molecule has 69 heavy (non-hydrogen) atoms. The SMILES string of the molecule is CC(=O)N1CCc2c(c(N3CCCc4cc(-c5cnn(C)c5)c(C(F)F)cc43)nn2C2CCC(Oc3ccc(-c4ccc(C(=O)NC5CCC(Oc6ccc(C#N)c(Cl)c6)CC5)nn4)cc3)CC2)C1. The molecule has 1 N–H and O–H groups in total. The van der Waals surface area contributed by atoms with Crippen LogP contribution in [0.15, 0.2) is 79.1 Å². The summed E-state index contributed by atoms with van der Waals surface area (Å²) in [6, 6.07) is 22.1. The van der Waals surface area contributed by atoms with Gasteiger partial charge in [-0.05, 0) is 136 Å². The van der Waals surface area contributed by atoms with E-state index in [0.29, 0.717) is 59.2 Å².